The highest BCUT2D eigenvalue weighted by atomic mass is 15.0. The molecule has 0 radical (unpaired) electrons. The lowest BCUT2D eigenvalue weighted by molar-refractivity contribution is 1.18. The first-order chi connectivity index (χ1) is 24.3. The molecule has 2 heterocycles. The Morgan fingerprint density at radius 2 is 0.857 bits per heavy atom. The molecule has 2 nitrogen and oxygen atoms in total. The number of aromatic nitrogens is 2. The predicted molar refractivity (Wildman–Crippen MR) is 207 cm³/mol. The Balaban J connectivity index is 1.20. The van der Waals surface area contributed by atoms with Gasteiger partial charge in [-0.1, -0.05) is 146 Å². The number of hydrogen-bond donors (Lipinski definition) is 0. The van der Waals surface area contributed by atoms with Crippen LogP contribution in [0.4, 0.5) is 0 Å². The Bertz CT molecular complexity index is 2790. The van der Waals surface area contributed by atoms with Crippen molar-refractivity contribution < 1.29 is 0 Å². The number of pyridine rings is 1. The zero-order chi connectivity index (χ0) is 32.3. The Labute approximate surface area is 284 Å². The first kappa shape index (κ1) is 27.6. The van der Waals surface area contributed by atoms with Crippen LogP contribution in [0.15, 0.2) is 182 Å². The van der Waals surface area contributed by atoms with E-state index >= 15 is 0 Å². The van der Waals surface area contributed by atoms with Crippen molar-refractivity contribution in [3.05, 3.63) is 182 Å². The first-order valence-corrected chi connectivity index (χ1v) is 16.8. The zero-order valence-electron chi connectivity index (χ0n) is 26.7. The highest BCUT2D eigenvalue weighted by molar-refractivity contribution is 6.23. The van der Waals surface area contributed by atoms with Crippen LogP contribution in [0.25, 0.3) is 93.2 Å². The summed E-state index contributed by atoms with van der Waals surface area (Å²) in [6.07, 6.45) is 3.90. The van der Waals surface area contributed by atoms with Crippen molar-refractivity contribution in [1.82, 2.24) is 9.55 Å². The Morgan fingerprint density at radius 3 is 1.47 bits per heavy atom. The average molecular weight is 623 g/mol. The SMILES string of the molecule is c1ccc(-c2c3ccccc3c(-c3ccc(-c4cc5c6cnccc6n(-c6ccccc6)c5c5ccccc45)cc3)c3ccccc23)cc1. The van der Waals surface area contributed by atoms with Crippen molar-refractivity contribution in [2.45, 2.75) is 0 Å². The van der Waals surface area contributed by atoms with Gasteiger partial charge in [-0.2, -0.15) is 0 Å². The van der Waals surface area contributed by atoms with Crippen molar-refractivity contribution in [3.63, 3.8) is 0 Å². The van der Waals surface area contributed by atoms with Gasteiger partial charge in [0.15, 0.2) is 0 Å². The molecule has 0 saturated heterocycles. The summed E-state index contributed by atoms with van der Waals surface area (Å²) < 4.78 is 2.39. The molecule has 0 amide bonds. The fourth-order valence-electron chi connectivity index (χ4n) is 7.97. The van der Waals surface area contributed by atoms with Crippen molar-refractivity contribution in [2.24, 2.45) is 0 Å². The summed E-state index contributed by atoms with van der Waals surface area (Å²) in [5.74, 6) is 0. The Kier molecular flexibility index (Phi) is 6.22. The Hall–Kier alpha value is -6.51. The van der Waals surface area contributed by atoms with Crippen molar-refractivity contribution >= 4 is 54.1 Å². The van der Waals surface area contributed by atoms with Gasteiger partial charge >= 0.3 is 0 Å². The number of hydrogen-bond acceptors (Lipinski definition) is 1. The fourth-order valence-corrected chi connectivity index (χ4v) is 7.97. The standard InChI is InChI=1S/C47H30N2/c1-3-13-32(14-4-1)45-36-18-8-10-20-38(36)46(39-21-11-9-19-37(39)45)33-25-23-31(24-26-33)41-29-42-43-30-48-28-27-44(43)49(34-15-5-2-6-16-34)47(42)40-22-12-7-17-35(40)41/h1-30H. The maximum absolute atomic E-state index is 4.56. The van der Waals surface area contributed by atoms with E-state index < -0.39 is 0 Å². The maximum atomic E-state index is 4.56. The van der Waals surface area contributed by atoms with Crippen molar-refractivity contribution in [2.75, 3.05) is 0 Å². The molecule has 0 saturated carbocycles. The smallest absolute Gasteiger partial charge is 0.0620 e. The van der Waals surface area contributed by atoms with Gasteiger partial charge in [-0.25, -0.2) is 0 Å². The van der Waals surface area contributed by atoms with Gasteiger partial charge < -0.3 is 4.57 Å². The van der Waals surface area contributed by atoms with Crippen LogP contribution >= 0.6 is 0 Å². The maximum Gasteiger partial charge on any atom is 0.0620 e. The molecule has 0 fully saturated rings. The first-order valence-electron chi connectivity index (χ1n) is 16.8. The van der Waals surface area contributed by atoms with Crippen LogP contribution in [0.5, 0.6) is 0 Å². The summed E-state index contributed by atoms with van der Waals surface area (Å²) in [4.78, 5) is 4.56. The van der Waals surface area contributed by atoms with Gasteiger partial charge in [0.2, 0.25) is 0 Å². The van der Waals surface area contributed by atoms with Crippen LogP contribution in [0.2, 0.25) is 0 Å². The minimum absolute atomic E-state index is 1.15. The van der Waals surface area contributed by atoms with Crippen LogP contribution in [0, 0.1) is 0 Å². The minimum Gasteiger partial charge on any atom is -0.309 e. The van der Waals surface area contributed by atoms with E-state index in [0.717, 1.165) is 16.6 Å². The fraction of sp³-hybridized carbons (Fsp3) is 0. The summed E-state index contributed by atoms with van der Waals surface area (Å²) in [5, 5.41) is 9.89. The molecule has 0 aliphatic carbocycles. The molecule has 0 atom stereocenters. The summed E-state index contributed by atoms with van der Waals surface area (Å²) in [7, 11) is 0. The van der Waals surface area contributed by atoms with Gasteiger partial charge in [0, 0.05) is 34.2 Å². The molecular weight excluding hydrogens is 593 g/mol. The number of rotatable bonds is 4. The molecule has 8 aromatic carbocycles. The normalized spacial score (nSPS) is 11.7. The quantitative estimate of drug-likeness (QED) is 0.179. The number of fused-ring (bicyclic) bond motifs is 7. The molecule has 10 rings (SSSR count). The van der Waals surface area contributed by atoms with Gasteiger partial charge in [-0.05, 0) is 84.6 Å². The summed E-state index contributed by atoms with van der Waals surface area (Å²) in [6.45, 7) is 0. The molecule has 49 heavy (non-hydrogen) atoms. The Morgan fingerprint density at radius 1 is 0.367 bits per heavy atom. The van der Waals surface area contributed by atoms with Crippen molar-refractivity contribution in [1.29, 1.82) is 0 Å². The van der Waals surface area contributed by atoms with Crippen LogP contribution < -0.4 is 0 Å². The predicted octanol–water partition coefficient (Wildman–Crippen LogP) is 12.6. The molecule has 10 aromatic rings. The largest absolute Gasteiger partial charge is 0.309 e. The molecule has 0 N–H and O–H groups in total. The molecule has 0 unspecified atom stereocenters. The van der Waals surface area contributed by atoms with Crippen LogP contribution in [-0.2, 0) is 0 Å². The topological polar surface area (TPSA) is 17.8 Å². The van der Waals surface area contributed by atoms with E-state index in [9.17, 15) is 0 Å². The van der Waals surface area contributed by atoms with E-state index in [1.165, 1.54) is 76.6 Å². The van der Waals surface area contributed by atoms with Gasteiger partial charge in [-0.15, -0.1) is 0 Å². The van der Waals surface area contributed by atoms with E-state index in [0.29, 0.717) is 0 Å². The van der Waals surface area contributed by atoms with Crippen LogP contribution in [0.3, 0.4) is 0 Å². The van der Waals surface area contributed by atoms with E-state index in [4.69, 9.17) is 0 Å². The lowest BCUT2D eigenvalue weighted by Gasteiger charge is -2.18. The number of benzene rings is 8. The molecule has 0 bridgehead atoms. The average Bonchev–Trinajstić information content (AvgIpc) is 3.52. The molecule has 0 aliphatic heterocycles. The number of para-hydroxylation sites is 1. The highest BCUT2D eigenvalue weighted by Gasteiger charge is 2.19. The number of nitrogens with zero attached hydrogens (tertiary/aromatic N) is 2. The molecular formula is C47H30N2. The lowest BCUT2D eigenvalue weighted by Crippen LogP contribution is -1.94. The van der Waals surface area contributed by atoms with Crippen LogP contribution in [-0.4, -0.2) is 9.55 Å². The second-order valence-corrected chi connectivity index (χ2v) is 12.7. The van der Waals surface area contributed by atoms with E-state index in [2.05, 4.69) is 179 Å². The summed E-state index contributed by atoms with van der Waals surface area (Å²) >= 11 is 0. The zero-order valence-corrected chi connectivity index (χ0v) is 26.7. The second kappa shape index (κ2) is 11.0. The van der Waals surface area contributed by atoms with Gasteiger partial charge in [0.1, 0.15) is 0 Å². The van der Waals surface area contributed by atoms with E-state index in [-0.39, 0.29) is 0 Å². The van der Waals surface area contributed by atoms with Gasteiger partial charge in [0.25, 0.3) is 0 Å². The molecule has 228 valence electrons. The van der Waals surface area contributed by atoms with Crippen LogP contribution in [0.1, 0.15) is 0 Å². The van der Waals surface area contributed by atoms with Gasteiger partial charge in [0.05, 0.1) is 11.0 Å². The highest BCUT2D eigenvalue weighted by Crippen LogP contribution is 2.45. The van der Waals surface area contributed by atoms with E-state index in [1.807, 2.05) is 12.4 Å². The summed E-state index contributed by atoms with van der Waals surface area (Å²) in [6, 6.07) is 61.6. The third-order valence-corrected chi connectivity index (χ3v) is 10.1. The molecule has 0 aliphatic rings. The summed E-state index contributed by atoms with van der Waals surface area (Å²) in [5.41, 5.74) is 10.9. The molecule has 0 spiro atoms. The van der Waals surface area contributed by atoms with Crippen molar-refractivity contribution in [3.8, 4) is 39.1 Å². The second-order valence-electron chi connectivity index (χ2n) is 12.7. The third kappa shape index (κ3) is 4.24. The lowest BCUT2D eigenvalue weighted by atomic mass is 9.85. The molecule has 2 heteroatoms. The monoisotopic (exact) mass is 622 g/mol. The third-order valence-electron chi connectivity index (χ3n) is 10.1. The minimum atomic E-state index is 1.15. The molecule has 2 aromatic heterocycles. The van der Waals surface area contributed by atoms with E-state index in [1.54, 1.807) is 0 Å². The van der Waals surface area contributed by atoms with Gasteiger partial charge in [-0.3, -0.25) is 4.98 Å².